The number of rotatable bonds is 6. The average molecular weight is 418 g/mol. The van der Waals surface area contributed by atoms with Crippen LogP contribution in [0.5, 0.6) is 17.2 Å². The van der Waals surface area contributed by atoms with E-state index in [1.807, 2.05) is 0 Å². The van der Waals surface area contributed by atoms with E-state index >= 15 is 0 Å². The zero-order chi connectivity index (χ0) is 21.7. The maximum Gasteiger partial charge on any atom is 0.328 e. The number of likely N-dealkylation sites (tertiary alicyclic amines) is 1. The first-order chi connectivity index (χ1) is 14.5. The molecule has 1 saturated heterocycles. The van der Waals surface area contributed by atoms with Crippen LogP contribution in [0, 0.1) is 5.82 Å². The van der Waals surface area contributed by atoms with Gasteiger partial charge in [0.1, 0.15) is 12.1 Å². The summed E-state index contributed by atoms with van der Waals surface area (Å²) in [6.45, 7) is 0.0756. The summed E-state index contributed by atoms with van der Waals surface area (Å²) in [4.78, 5) is 26.5. The van der Waals surface area contributed by atoms with Crippen molar-refractivity contribution in [1.82, 2.24) is 4.90 Å². The summed E-state index contributed by atoms with van der Waals surface area (Å²) in [5, 5.41) is 2.73. The molecule has 30 heavy (non-hydrogen) atoms. The van der Waals surface area contributed by atoms with Gasteiger partial charge in [-0.25, -0.2) is 14.0 Å². The molecule has 2 aromatic rings. The smallest absolute Gasteiger partial charge is 0.328 e. The molecular weight excluding hydrogens is 395 g/mol. The second kappa shape index (κ2) is 9.34. The van der Waals surface area contributed by atoms with Gasteiger partial charge < -0.3 is 29.2 Å². The van der Waals surface area contributed by atoms with Crippen molar-refractivity contribution < 1.29 is 32.9 Å². The van der Waals surface area contributed by atoms with Gasteiger partial charge in [-0.2, -0.15) is 0 Å². The molecule has 1 aliphatic rings. The number of esters is 1. The molecule has 2 aromatic carbocycles. The maximum atomic E-state index is 13.9. The summed E-state index contributed by atoms with van der Waals surface area (Å²) >= 11 is 0. The van der Waals surface area contributed by atoms with E-state index in [2.05, 4.69) is 5.32 Å². The van der Waals surface area contributed by atoms with Crippen LogP contribution in [0.2, 0.25) is 0 Å². The van der Waals surface area contributed by atoms with E-state index in [0.29, 0.717) is 17.2 Å². The lowest BCUT2D eigenvalue weighted by Gasteiger charge is -2.23. The van der Waals surface area contributed by atoms with Crippen molar-refractivity contribution >= 4 is 17.7 Å². The van der Waals surface area contributed by atoms with Crippen molar-refractivity contribution in [1.29, 1.82) is 0 Å². The molecule has 0 radical (unpaired) electrons. The fourth-order valence-corrected chi connectivity index (χ4v) is 3.36. The fraction of sp³-hybridized carbons (Fsp3) is 0.333. The van der Waals surface area contributed by atoms with E-state index in [1.165, 1.54) is 38.4 Å². The molecule has 0 bridgehead atoms. The number of anilines is 1. The first-order valence-electron chi connectivity index (χ1n) is 9.26. The molecule has 2 amide bonds. The van der Waals surface area contributed by atoms with Gasteiger partial charge in [0.15, 0.2) is 23.1 Å². The van der Waals surface area contributed by atoms with Gasteiger partial charge in [0, 0.05) is 6.42 Å². The Morgan fingerprint density at radius 3 is 2.43 bits per heavy atom. The van der Waals surface area contributed by atoms with Crippen molar-refractivity contribution in [2.24, 2.45) is 0 Å². The van der Waals surface area contributed by atoms with Crippen molar-refractivity contribution in [2.75, 3.05) is 33.2 Å². The summed E-state index contributed by atoms with van der Waals surface area (Å²) in [5.74, 6) is -0.246. The van der Waals surface area contributed by atoms with Crippen LogP contribution in [-0.4, -0.2) is 56.9 Å². The lowest BCUT2D eigenvalue weighted by molar-refractivity contribution is -0.144. The number of hydrogen-bond acceptors (Lipinski definition) is 6. The molecule has 0 aromatic heterocycles. The van der Waals surface area contributed by atoms with Gasteiger partial charge in [-0.05, 0) is 24.3 Å². The van der Waals surface area contributed by atoms with Crippen LogP contribution in [0.4, 0.5) is 14.9 Å². The molecule has 1 N–H and O–H groups in total. The Hall–Kier alpha value is -3.49. The number of hydrogen-bond donors (Lipinski definition) is 1. The minimum Gasteiger partial charge on any atom is -0.493 e. The molecular formula is C21H23FN2O6. The third-order valence-electron chi connectivity index (χ3n) is 4.77. The highest BCUT2D eigenvalue weighted by Crippen LogP contribution is 2.35. The highest BCUT2D eigenvalue weighted by Gasteiger charge is 2.42. The molecule has 1 aliphatic heterocycles. The van der Waals surface area contributed by atoms with Gasteiger partial charge in [0.25, 0.3) is 0 Å². The number of carbonyl (C=O) groups excluding carboxylic acids is 2. The molecule has 160 valence electrons. The summed E-state index contributed by atoms with van der Waals surface area (Å²) in [5.41, 5.74) is 0.379. The Kier molecular flexibility index (Phi) is 6.61. The molecule has 2 unspecified atom stereocenters. The van der Waals surface area contributed by atoms with Crippen molar-refractivity contribution in [2.45, 2.75) is 18.6 Å². The van der Waals surface area contributed by atoms with E-state index < -0.39 is 30.0 Å². The SMILES string of the molecule is COC(=O)C1CC(Oc2ccccc2F)CN1C(=O)Nc1cccc(OC)c1OC. The minimum absolute atomic E-state index is 0.0582. The fourth-order valence-electron chi connectivity index (χ4n) is 3.36. The third-order valence-corrected chi connectivity index (χ3v) is 4.77. The molecule has 8 nitrogen and oxygen atoms in total. The van der Waals surface area contributed by atoms with Crippen LogP contribution in [0.1, 0.15) is 6.42 Å². The van der Waals surface area contributed by atoms with Crippen molar-refractivity contribution in [3.8, 4) is 17.2 Å². The van der Waals surface area contributed by atoms with Gasteiger partial charge >= 0.3 is 12.0 Å². The monoisotopic (exact) mass is 418 g/mol. The number of urea groups is 1. The summed E-state index contributed by atoms with van der Waals surface area (Å²) < 4.78 is 35.0. The number of nitrogens with one attached hydrogen (secondary N) is 1. The lowest BCUT2D eigenvalue weighted by Crippen LogP contribution is -2.43. The lowest BCUT2D eigenvalue weighted by atomic mass is 10.2. The summed E-state index contributed by atoms with van der Waals surface area (Å²) in [6.07, 6.45) is -0.409. The second-order valence-electron chi connectivity index (χ2n) is 6.57. The van der Waals surface area contributed by atoms with E-state index in [0.717, 1.165) is 0 Å². The number of amides is 2. The van der Waals surface area contributed by atoms with Gasteiger partial charge in [0.2, 0.25) is 0 Å². The number of halogens is 1. The van der Waals surface area contributed by atoms with E-state index in [1.54, 1.807) is 30.3 Å². The molecule has 2 atom stereocenters. The Morgan fingerprint density at radius 1 is 1.03 bits per heavy atom. The molecule has 0 saturated carbocycles. The Bertz CT molecular complexity index is 922. The van der Waals surface area contributed by atoms with Crippen LogP contribution in [0.3, 0.4) is 0 Å². The quantitative estimate of drug-likeness (QED) is 0.726. The average Bonchev–Trinajstić information content (AvgIpc) is 3.18. The van der Waals surface area contributed by atoms with Gasteiger partial charge in [-0.3, -0.25) is 0 Å². The zero-order valence-corrected chi connectivity index (χ0v) is 16.9. The van der Waals surface area contributed by atoms with Gasteiger partial charge in [0.05, 0.1) is 33.6 Å². The topological polar surface area (TPSA) is 86.3 Å². The van der Waals surface area contributed by atoms with Crippen molar-refractivity contribution in [3.05, 3.63) is 48.3 Å². The van der Waals surface area contributed by atoms with Crippen molar-refractivity contribution in [3.63, 3.8) is 0 Å². The third kappa shape index (κ3) is 4.40. The van der Waals surface area contributed by atoms with Crippen LogP contribution in [0.25, 0.3) is 0 Å². The molecule has 9 heteroatoms. The van der Waals surface area contributed by atoms with Crippen LogP contribution in [-0.2, 0) is 9.53 Å². The first-order valence-corrected chi connectivity index (χ1v) is 9.26. The van der Waals surface area contributed by atoms with Gasteiger partial charge in [-0.1, -0.05) is 18.2 Å². The van der Waals surface area contributed by atoms with E-state index in [-0.39, 0.29) is 18.7 Å². The minimum atomic E-state index is -0.872. The number of nitrogens with zero attached hydrogens (tertiary/aromatic N) is 1. The first kappa shape index (κ1) is 21.2. The number of para-hydroxylation sites is 2. The predicted octanol–water partition coefficient (Wildman–Crippen LogP) is 3.07. The van der Waals surface area contributed by atoms with E-state index in [4.69, 9.17) is 18.9 Å². The molecule has 3 rings (SSSR count). The van der Waals surface area contributed by atoms with Crippen LogP contribution < -0.4 is 19.5 Å². The standard InChI is InChI=1S/C21H23FN2O6/c1-27-18-10-6-8-15(19(18)28-2)23-21(26)24-12-13(11-16(24)20(25)29-3)30-17-9-5-4-7-14(17)22/h4-10,13,16H,11-12H2,1-3H3,(H,23,26). The van der Waals surface area contributed by atoms with Crippen LogP contribution >= 0.6 is 0 Å². The second-order valence-corrected chi connectivity index (χ2v) is 6.57. The number of ether oxygens (including phenoxy) is 4. The van der Waals surface area contributed by atoms with Crippen LogP contribution in [0.15, 0.2) is 42.5 Å². The largest absolute Gasteiger partial charge is 0.493 e. The Labute approximate surface area is 173 Å². The molecule has 0 spiro atoms. The molecule has 0 aliphatic carbocycles. The predicted molar refractivity (Wildman–Crippen MR) is 107 cm³/mol. The zero-order valence-electron chi connectivity index (χ0n) is 16.9. The number of carbonyl (C=O) groups is 2. The number of methoxy groups -OCH3 is 3. The Balaban J connectivity index is 1.79. The maximum absolute atomic E-state index is 13.9. The Morgan fingerprint density at radius 2 is 1.77 bits per heavy atom. The summed E-state index contributed by atoms with van der Waals surface area (Å²) in [7, 11) is 4.19. The molecule has 1 fully saturated rings. The van der Waals surface area contributed by atoms with E-state index in [9.17, 15) is 14.0 Å². The molecule has 1 heterocycles. The summed E-state index contributed by atoms with van der Waals surface area (Å²) in [6, 6.07) is 9.59. The number of benzene rings is 2. The highest BCUT2D eigenvalue weighted by atomic mass is 19.1. The normalized spacial score (nSPS) is 17.9. The highest BCUT2D eigenvalue weighted by molar-refractivity contribution is 5.94. The van der Waals surface area contributed by atoms with Gasteiger partial charge in [-0.15, -0.1) is 0 Å².